The molecule has 1 amide bonds. The summed E-state index contributed by atoms with van der Waals surface area (Å²) in [5.41, 5.74) is 2.32. The second-order valence-electron chi connectivity index (χ2n) is 7.28. The highest BCUT2D eigenvalue weighted by Crippen LogP contribution is 2.18. The fourth-order valence-corrected chi connectivity index (χ4v) is 2.87. The van der Waals surface area contributed by atoms with Crippen molar-refractivity contribution in [3.8, 4) is 5.75 Å². The van der Waals surface area contributed by atoms with E-state index in [4.69, 9.17) is 9.84 Å². The molecule has 148 valence electrons. The molecule has 0 aliphatic rings. The first-order valence-electron chi connectivity index (χ1n) is 9.10. The molecular formula is C22H25NO5. The number of carbonyl (C=O) groups excluding carboxylic acids is 2. The minimum Gasteiger partial charge on any atom is -0.478 e. The summed E-state index contributed by atoms with van der Waals surface area (Å²) >= 11 is 0. The molecular weight excluding hydrogens is 358 g/mol. The van der Waals surface area contributed by atoms with E-state index in [9.17, 15) is 14.4 Å². The first-order chi connectivity index (χ1) is 13.2. The summed E-state index contributed by atoms with van der Waals surface area (Å²) < 4.78 is 5.50. The highest BCUT2D eigenvalue weighted by atomic mass is 16.5. The summed E-state index contributed by atoms with van der Waals surface area (Å²) in [5, 5.41) is 11.7. The van der Waals surface area contributed by atoms with Gasteiger partial charge < -0.3 is 15.2 Å². The normalized spacial score (nSPS) is 11.8. The number of hydrogen-bond donors (Lipinski definition) is 2. The molecule has 6 heteroatoms. The topological polar surface area (TPSA) is 92.7 Å². The molecule has 0 aromatic heterocycles. The fourth-order valence-electron chi connectivity index (χ4n) is 2.87. The molecule has 2 aromatic rings. The maximum absolute atomic E-state index is 12.7. The highest BCUT2D eigenvalue weighted by molar-refractivity contribution is 5.98. The number of amides is 1. The number of nitrogens with one attached hydrogen (secondary N) is 1. The van der Waals surface area contributed by atoms with E-state index in [0.29, 0.717) is 12.2 Å². The number of esters is 1. The third-order valence-electron chi connectivity index (χ3n) is 4.10. The first-order valence-corrected chi connectivity index (χ1v) is 9.10. The Hall–Kier alpha value is -3.15. The van der Waals surface area contributed by atoms with E-state index in [1.807, 2.05) is 33.8 Å². The molecule has 0 saturated carbocycles. The number of aryl methyl sites for hydroxylation is 2. The molecule has 0 aliphatic carbocycles. The maximum atomic E-state index is 12.7. The molecule has 2 aromatic carbocycles. The zero-order valence-corrected chi connectivity index (χ0v) is 16.5. The van der Waals surface area contributed by atoms with Crippen molar-refractivity contribution >= 4 is 17.8 Å². The molecule has 0 bridgehead atoms. The quantitative estimate of drug-likeness (QED) is 0.561. The molecule has 0 saturated heterocycles. The SMILES string of the molecule is Cc1cc(C)cc(OC(=O)[C@H](CC(C)C)NC(=O)c2ccc(C(=O)O)cc2)c1. The van der Waals surface area contributed by atoms with Gasteiger partial charge in [0.05, 0.1) is 5.56 Å². The van der Waals surface area contributed by atoms with Crippen LogP contribution >= 0.6 is 0 Å². The van der Waals surface area contributed by atoms with Crippen LogP contribution in [0.5, 0.6) is 5.75 Å². The van der Waals surface area contributed by atoms with Crippen LogP contribution in [-0.4, -0.2) is 29.0 Å². The number of carbonyl (C=O) groups is 3. The number of benzene rings is 2. The van der Waals surface area contributed by atoms with Crippen molar-refractivity contribution in [3.63, 3.8) is 0 Å². The van der Waals surface area contributed by atoms with Crippen molar-refractivity contribution in [3.05, 3.63) is 64.7 Å². The van der Waals surface area contributed by atoms with Gasteiger partial charge in [-0.2, -0.15) is 0 Å². The summed E-state index contributed by atoms with van der Waals surface area (Å²) in [7, 11) is 0. The van der Waals surface area contributed by atoms with Crippen LogP contribution in [0.1, 0.15) is 52.1 Å². The van der Waals surface area contributed by atoms with Gasteiger partial charge in [0.25, 0.3) is 5.91 Å². The molecule has 1 atom stereocenters. The smallest absolute Gasteiger partial charge is 0.335 e. The summed E-state index contributed by atoms with van der Waals surface area (Å²) in [4.78, 5) is 36.1. The van der Waals surface area contributed by atoms with E-state index < -0.39 is 23.9 Å². The minimum atomic E-state index is -1.07. The number of carboxylic acids is 1. The van der Waals surface area contributed by atoms with Gasteiger partial charge >= 0.3 is 11.9 Å². The molecule has 6 nitrogen and oxygen atoms in total. The molecule has 0 fully saturated rings. The van der Waals surface area contributed by atoms with E-state index in [1.165, 1.54) is 24.3 Å². The highest BCUT2D eigenvalue weighted by Gasteiger charge is 2.25. The fraction of sp³-hybridized carbons (Fsp3) is 0.318. The molecule has 0 heterocycles. The Balaban J connectivity index is 2.14. The van der Waals surface area contributed by atoms with E-state index in [0.717, 1.165) is 11.1 Å². The van der Waals surface area contributed by atoms with Crippen molar-refractivity contribution < 1.29 is 24.2 Å². The van der Waals surface area contributed by atoms with Crippen molar-refractivity contribution in [1.82, 2.24) is 5.32 Å². The van der Waals surface area contributed by atoms with Gasteiger partial charge in [0.15, 0.2) is 0 Å². The van der Waals surface area contributed by atoms with Gasteiger partial charge in [0.1, 0.15) is 11.8 Å². The summed E-state index contributed by atoms with van der Waals surface area (Å²) in [6.45, 7) is 7.73. The lowest BCUT2D eigenvalue weighted by molar-refractivity contribution is -0.137. The van der Waals surface area contributed by atoms with Gasteiger partial charge in [-0.15, -0.1) is 0 Å². The number of aromatic carboxylic acids is 1. The van der Waals surface area contributed by atoms with Crippen LogP contribution < -0.4 is 10.1 Å². The van der Waals surface area contributed by atoms with Gasteiger partial charge in [-0.3, -0.25) is 4.79 Å². The largest absolute Gasteiger partial charge is 0.478 e. The Kier molecular flexibility index (Phi) is 6.93. The van der Waals surface area contributed by atoms with E-state index >= 15 is 0 Å². The predicted octanol–water partition coefficient (Wildman–Crippen LogP) is 3.75. The lowest BCUT2D eigenvalue weighted by atomic mass is 10.0. The molecule has 2 rings (SSSR count). The van der Waals surface area contributed by atoms with Crippen LogP contribution in [0.2, 0.25) is 0 Å². The minimum absolute atomic E-state index is 0.0875. The van der Waals surface area contributed by atoms with Crippen LogP contribution in [0.3, 0.4) is 0 Å². The maximum Gasteiger partial charge on any atom is 0.335 e. The predicted molar refractivity (Wildman–Crippen MR) is 106 cm³/mol. The van der Waals surface area contributed by atoms with Crippen LogP contribution in [0.15, 0.2) is 42.5 Å². The van der Waals surface area contributed by atoms with Gasteiger partial charge in [-0.25, -0.2) is 9.59 Å². The van der Waals surface area contributed by atoms with Gasteiger partial charge in [-0.1, -0.05) is 19.9 Å². The standard InChI is InChI=1S/C22H25NO5/c1-13(2)9-19(22(27)28-18-11-14(3)10-15(4)12-18)23-20(24)16-5-7-17(8-6-16)21(25)26/h5-8,10-13,19H,9H2,1-4H3,(H,23,24)(H,25,26)/t19-/m0/s1. The van der Waals surface area contributed by atoms with E-state index in [1.54, 1.807) is 12.1 Å². The Labute approximate surface area is 164 Å². The number of rotatable bonds is 7. The summed E-state index contributed by atoms with van der Waals surface area (Å²) in [6.07, 6.45) is 0.419. The Morgan fingerprint density at radius 3 is 2.00 bits per heavy atom. The Bertz CT molecular complexity index is 851. The molecule has 0 spiro atoms. The molecule has 28 heavy (non-hydrogen) atoms. The average Bonchev–Trinajstić information content (AvgIpc) is 2.59. The Morgan fingerprint density at radius 2 is 1.50 bits per heavy atom. The first kappa shape index (κ1) is 21.2. The van der Waals surface area contributed by atoms with E-state index in [2.05, 4.69) is 5.32 Å². The second kappa shape index (κ2) is 9.17. The summed E-state index contributed by atoms with van der Waals surface area (Å²) in [6, 6.07) is 10.2. The third-order valence-corrected chi connectivity index (χ3v) is 4.10. The van der Waals surface area contributed by atoms with Gasteiger partial charge in [0, 0.05) is 5.56 Å². The monoisotopic (exact) mass is 383 g/mol. The van der Waals surface area contributed by atoms with Gasteiger partial charge in [0.2, 0.25) is 0 Å². The van der Waals surface area contributed by atoms with Crippen molar-refractivity contribution in [2.45, 2.75) is 40.2 Å². The van der Waals surface area contributed by atoms with Crippen molar-refractivity contribution in [2.24, 2.45) is 5.92 Å². The summed E-state index contributed by atoms with van der Waals surface area (Å²) in [5.74, 6) is -1.46. The van der Waals surface area contributed by atoms with E-state index in [-0.39, 0.29) is 17.0 Å². The average molecular weight is 383 g/mol. The molecule has 0 unspecified atom stereocenters. The second-order valence-corrected chi connectivity index (χ2v) is 7.28. The number of ether oxygens (including phenoxy) is 1. The van der Waals surface area contributed by atoms with Crippen LogP contribution in [0.25, 0.3) is 0 Å². The van der Waals surface area contributed by atoms with Crippen LogP contribution in [0.4, 0.5) is 0 Å². The molecule has 0 aliphatic heterocycles. The lowest BCUT2D eigenvalue weighted by Gasteiger charge is -2.19. The van der Waals surface area contributed by atoms with Gasteiger partial charge in [-0.05, 0) is 73.7 Å². The zero-order valence-electron chi connectivity index (χ0n) is 16.5. The number of carboxylic acid groups (broad SMARTS) is 1. The molecule has 0 radical (unpaired) electrons. The third kappa shape index (κ3) is 5.94. The van der Waals surface area contributed by atoms with Crippen LogP contribution in [0, 0.1) is 19.8 Å². The zero-order chi connectivity index (χ0) is 20.8. The Morgan fingerprint density at radius 1 is 0.964 bits per heavy atom. The lowest BCUT2D eigenvalue weighted by Crippen LogP contribution is -2.43. The van der Waals surface area contributed by atoms with Crippen molar-refractivity contribution in [1.29, 1.82) is 0 Å². The molecule has 2 N–H and O–H groups in total. The van der Waals surface area contributed by atoms with Crippen LogP contribution in [-0.2, 0) is 4.79 Å². The van der Waals surface area contributed by atoms with Crippen molar-refractivity contribution in [2.75, 3.05) is 0 Å². The number of hydrogen-bond acceptors (Lipinski definition) is 4.